The number of aromatic nitrogens is 3. The van der Waals surface area contributed by atoms with Crippen LogP contribution < -0.4 is 0 Å². The number of nitrogens with zero attached hydrogens (tertiary/aromatic N) is 3. The van der Waals surface area contributed by atoms with Gasteiger partial charge in [-0.2, -0.15) is 15.0 Å². The predicted molar refractivity (Wildman–Crippen MR) is 49.6 cm³/mol. The van der Waals surface area contributed by atoms with Crippen LogP contribution in [0.25, 0.3) is 5.70 Å². The van der Waals surface area contributed by atoms with Gasteiger partial charge in [0.05, 0.1) is 17.1 Å². The molecule has 0 saturated heterocycles. The number of aryl methyl sites for hydroxylation is 2. The van der Waals surface area contributed by atoms with E-state index in [-0.39, 0.29) is 0 Å². The molecule has 0 fully saturated rings. The van der Waals surface area contributed by atoms with Crippen LogP contribution in [0.1, 0.15) is 18.3 Å². The van der Waals surface area contributed by atoms with Crippen molar-refractivity contribution in [2.24, 2.45) is 0 Å². The van der Waals surface area contributed by atoms with Crippen molar-refractivity contribution in [2.75, 3.05) is 0 Å². The fourth-order valence-electron chi connectivity index (χ4n) is 0.882. The molecule has 0 aliphatic rings. The molecule has 0 spiro atoms. The molecule has 0 saturated carbocycles. The van der Waals surface area contributed by atoms with Crippen LogP contribution in [0.3, 0.4) is 0 Å². The first-order valence-electron chi connectivity index (χ1n) is 3.88. The third kappa shape index (κ3) is 1.44. The molecule has 12 heavy (non-hydrogen) atoms. The van der Waals surface area contributed by atoms with Crippen molar-refractivity contribution in [3.63, 3.8) is 0 Å². The molecule has 0 aliphatic heterocycles. The number of rotatable bonds is 2. The van der Waals surface area contributed by atoms with Crippen LogP contribution in [0.5, 0.6) is 0 Å². The van der Waals surface area contributed by atoms with Crippen LogP contribution in [0, 0.1) is 13.8 Å². The molecule has 1 aromatic rings. The summed E-state index contributed by atoms with van der Waals surface area (Å²) < 4.78 is 0. The average molecular weight is 163 g/mol. The van der Waals surface area contributed by atoms with Gasteiger partial charge in [0.15, 0.2) is 0 Å². The first-order chi connectivity index (χ1) is 5.69. The van der Waals surface area contributed by atoms with E-state index in [1.54, 1.807) is 10.9 Å². The van der Waals surface area contributed by atoms with Gasteiger partial charge >= 0.3 is 0 Å². The van der Waals surface area contributed by atoms with Crippen LogP contribution in [0.2, 0.25) is 0 Å². The monoisotopic (exact) mass is 163 g/mol. The van der Waals surface area contributed by atoms with E-state index in [1.807, 2.05) is 26.8 Å². The van der Waals surface area contributed by atoms with Crippen LogP contribution in [0.4, 0.5) is 0 Å². The Morgan fingerprint density at radius 1 is 1.33 bits per heavy atom. The summed E-state index contributed by atoms with van der Waals surface area (Å²) in [5.41, 5.74) is 2.82. The van der Waals surface area contributed by atoms with E-state index in [4.69, 9.17) is 0 Å². The second-order valence-corrected chi connectivity index (χ2v) is 2.58. The highest BCUT2D eigenvalue weighted by Crippen LogP contribution is 2.05. The number of allylic oxidation sites excluding steroid dienone is 3. The van der Waals surface area contributed by atoms with Crippen molar-refractivity contribution < 1.29 is 0 Å². The van der Waals surface area contributed by atoms with Crippen molar-refractivity contribution in [1.82, 2.24) is 15.0 Å². The first kappa shape index (κ1) is 8.71. The molecule has 1 aromatic heterocycles. The lowest BCUT2D eigenvalue weighted by Crippen LogP contribution is -1.98. The fourth-order valence-corrected chi connectivity index (χ4v) is 0.882. The van der Waals surface area contributed by atoms with E-state index in [0.717, 1.165) is 17.1 Å². The zero-order chi connectivity index (χ0) is 9.14. The molecule has 3 heteroatoms. The molecule has 64 valence electrons. The van der Waals surface area contributed by atoms with Crippen LogP contribution in [0.15, 0.2) is 18.7 Å². The Balaban J connectivity index is 3.11. The fraction of sp³-hybridized carbons (Fsp3) is 0.333. The lowest BCUT2D eigenvalue weighted by Gasteiger charge is -1.96. The summed E-state index contributed by atoms with van der Waals surface area (Å²) in [6.07, 6.45) is 3.66. The molecule has 0 N–H and O–H groups in total. The molecule has 0 amide bonds. The molecule has 0 atom stereocenters. The molecular weight excluding hydrogens is 150 g/mol. The summed E-state index contributed by atoms with van der Waals surface area (Å²) in [6.45, 7) is 9.49. The van der Waals surface area contributed by atoms with Gasteiger partial charge in [0, 0.05) is 0 Å². The maximum atomic E-state index is 4.22. The van der Waals surface area contributed by atoms with Gasteiger partial charge in [-0.25, -0.2) is 0 Å². The number of hydrogen-bond acceptors (Lipinski definition) is 2. The normalized spacial score (nSPS) is 11.8. The molecular formula is C9H13N3. The van der Waals surface area contributed by atoms with E-state index < -0.39 is 0 Å². The molecule has 1 rings (SSSR count). The Labute approximate surface area is 72.4 Å². The standard InChI is InChI=1S/C9H13N3/c1-5-9(6-2)12-10-7(3)8(4)11-12/h5-6H,1H2,2-4H3. The third-order valence-electron chi connectivity index (χ3n) is 1.75. The molecule has 0 unspecified atom stereocenters. The molecule has 0 radical (unpaired) electrons. The molecule has 0 bridgehead atoms. The van der Waals surface area contributed by atoms with Gasteiger partial charge in [0.2, 0.25) is 0 Å². The second-order valence-electron chi connectivity index (χ2n) is 2.58. The zero-order valence-electron chi connectivity index (χ0n) is 7.70. The molecule has 1 heterocycles. The van der Waals surface area contributed by atoms with Gasteiger partial charge in [-0.3, -0.25) is 0 Å². The Hall–Kier alpha value is -1.38. The molecule has 0 aromatic carbocycles. The Bertz CT molecular complexity index is 301. The van der Waals surface area contributed by atoms with E-state index in [0.29, 0.717) is 0 Å². The minimum Gasteiger partial charge on any atom is -0.153 e. The second kappa shape index (κ2) is 3.34. The highest BCUT2D eigenvalue weighted by atomic mass is 15.5. The third-order valence-corrected chi connectivity index (χ3v) is 1.75. The first-order valence-corrected chi connectivity index (χ1v) is 3.88. The Kier molecular flexibility index (Phi) is 2.43. The Morgan fingerprint density at radius 2 is 1.83 bits per heavy atom. The van der Waals surface area contributed by atoms with E-state index in [2.05, 4.69) is 16.8 Å². The molecule has 3 nitrogen and oxygen atoms in total. The van der Waals surface area contributed by atoms with E-state index in [9.17, 15) is 0 Å². The van der Waals surface area contributed by atoms with Gasteiger partial charge in [0.1, 0.15) is 0 Å². The predicted octanol–water partition coefficient (Wildman–Crippen LogP) is 1.94. The van der Waals surface area contributed by atoms with Gasteiger partial charge in [-0.05, 0) is 26.8 Å². The topological polar surface area (TPSA) is 30.7 Å². The minimum absolute atomic E-state index is 0.909. The summed E-state index contributed by atoms with van der Waals surface area (Å²) >= 11 is 0. The van der Waals surface area contributed by atoms with Gasteiger partial charge in [0.25, 0.3) is 0 Å². The highest BCUT2D eigenvalue weighted by molar-refractivity contribution is 5.53. The van der Waals surface area contributed by atoms with E-state index in [1.165, 1.54) is 0 Å². The quantitative estimate of drug-likeness (QED) is 0.624. The SMILES string of the molecule is C=CC(=CC)n1nc(C)c(C)n1. The lowest BCUT2D eigenvalue weighted by atomic mass is 10.4. The molecule has 0 aliphatic carbocycles. The summed E-state index contributed by atoms with van der Waals surface area (Å²) in [5, 5.41) is 8.44. The summed E-state index contributed by atoms with van der Waals surface area (Å²) in [4.78, 5) is 1.59. The summed E-state index contributed by atoms with van der Waals surface area (Å²) in [6, 6.07) is 0. The Morgan fingerprint density at radius 3 is 2.17 bits per heavy atom. The van der Waals surface area contributed by atoms with E-state index >= 15 is 0 Å². The largest absolute Gasteiger partial charge is 0.153 e. The summed E-state index contributed by atoms with van der Waals surface area (Å²) in [7, 11) is 0. The smallest absolute Gasteiger partial charge is 0.0830 e. The van der Waals surface area contributed by atoms with Crippen LogP contribution >= 0.6 is 0 Å². The summed E-state index contributed by atoms with van der Waals surface area (Å²) in [5.74, 6) is 0. The van der Waals surface area contributed by atoms with Crippen LogP contribution in [-0.4, -0.2) is 15.0 Å². The average Bonchev–Trinajstić information content (AvgIpc) is 2.35. The van der Waals surface area contributed by atoms with Crippen molar-refractivity contribution in [3.8, 4) is 0 Å². The number of hydrogen-bond donors (Lipinski definition) is 0. The van der Waals surface area contributed by atoms with Gasteiger partial charge in [-0.15, -0.1) is 0 Å². The van der Waals surface area contributed by atoms with Crippen LogP contribution in [-0.2, 0) is 0 Å². The van der Waals surface area contributed by atoms with Crippen molar-refractivity contribution in [2.45, 2.75) is 20.8 Å². The van der Waals surface area contributed by atoms with Gasteiger partial charge in [-0.1, -0.05) is 12.7 Å². The lowest BCUT2D eigenvalue weighted by molar-refractivity contribution is 0.764. The maximum absolute atomic E-state index is 4.22. The van der Waals surface area contributed by atoms with Crippen molar-refractivity contribution >= 4 is 5.70 Å². The maximum Gasteiger partial charge on any atom is 0.0830 e. The highest BCUT2D eigenvalue weighted by Gasteiger charge is 2.02. The van der Waals surface area contributed by atoms with Crippen molar-refractivity contribution in [3.05, 3.63) is 30.1 Å². The van der Waals surface area contributed by atoms with Gasteiger partial charge < -0.3 is 0 Å². The minimum atomic E-state index is 0.909. The van der Waals surface area contributed by atoms with Crippen molar-refractivity contribution in [1.29, 1.82) is 0 Å². The zero-order valence-corrected chi connectivity index (χ0v) is 7.70.